The van der Waals surface area contributed by atoms with Gasteiger partial charge < -0.3 is 18.9 Å². The Morgan fingerprint density at radius 3 is 1.77 bits per heavy atom. The van der Waals surface area contributed by atoms with Crippen LogP contribution in [0.3, 0.4) is 0 Å². The summed E-state index contributed by atoms with van der Waals surface area (Å²) < 4.78 is 27.5. The Kier molecular flexibility index (Phi) is 8.44. The topological polar surface area (TPSA) is 36.9 Å². The Bertz CT molecular complexity index is 1440. The van der Waals surface area contributed by atoms with Gasteiger partial charge in [0, 0.05) is 10.3 Å². The third-order valence-corrected chi connectivity index (χ3v) is 8.07. The molecule has 0 spiro atoms. The van der Waals surface area contributed by atoms with Crippen LogP contribution in [0.25, 0.3) is 10.1 Å². The Morgan fingerprint density at radius 2 is 1.13 bits per heavy atom. The normalized spacial score (nSPS) is 20.9. The van der Waals surface area contributed by atoms with Gasteiger partial charge >= 0.3 is 0 Å². The molecule has 4 atom stereocenters. The minimum atomic E-state index is -0.298. The lowest BCUT2D eigenvalue weighted by atomic mass is 10.00. The lowest BCUT2D eigenvalue weighted by Gasteiger charge is -2.25. The van der Waals surface area contributed by atoms with Gasteiger partial charge in [-0.25, -0.2) is 0 Å². The highest BCUT2D eigenvalue weighted by molar-refractivity contribution is 7.17. The monoisotopic (exact) mass is 536 g/mol. The van der Waals surface area contributed by atoms with Crippen molar-refractivity contribution in [3.8, 4) is 0 Å². The zero-order valence-corrected chi connectivity index (χ0v) is 22.5. The van der Waals surface area contributed by atoms with Crippen LogP contribution in [-0.4, -0.2) is 24.9 Å². The highest BCUT2D eigenvalue weighted by Crippen LogP contribution is 2.42. The maximum atomic E-state index is 6.79. The molecule has 6 rings (SSSR count). The summed E-state index contributed by atoms with van der Waals surface area (Å²) in [6.45, 7) is 1.90. The van der Waals surface area contributed by atoms with E-state index in [0.717, 1.165) is 22.3 Å². The van der Waals surface area contributed by atoms with Crippen molar-refractivity contribution in [2.45, 2.75) is 44.2 Å². The van der Waals surface area contributed by atoms with Gasteiger partial charge in [0.25, 0.3) is 0 Å². The lowest BCUT2D eigenvalue weighted by Crippen LogP contribution is -2.37. The molecule has 0 bridgehead atoms. The van der Waals surface area contributed by atoms with Crippen LogP contribution in [0.15, 0.2) is 121 Å². The van der Waals surface area contributed by atoms with Crippen LogP contribution in [0.2, 0.25) is 0 Å². The molecule has 2 heterocycles. The van der Waals surface area contributed by atoms with E-state index in [1.165, 1.54) is 10.1 Å². The van der Waals surface area contributed by atoms with Crippen molar-refractivity contribution < 1.29 is 18.9 Å². The molecule has 1 aliphatic rings. The van der Waals surface area contributed by atoms with Crippen LogP contribution in [0, 0.1) is 0 Å². The molecule has 0 unspecified atom stereocenters. The second-order valence-electron chi connectivity index (χ2n) is 9.81. The summed E-state index contributed by atoms with van der Waals surface area (Å²) in [6.07, 6.45) is -1.14. The number of fused-ring (bicyclic) bond motifs is 1. The molecule has 1 fully saturated rings. The van der Waals surface area contributed by atoms with Gasteiger partial charge in [-0.15, -0.1) is 11.3 Å². The fourth-order valence-electron chi connectivity index (χ4n) is 5.12. The molecule has 1 saturated heterocycles. The van der Waals surface area contributed by atoms with Crippen LogP contribution in [0.4, 0.5) is 0 Å². The van der Waals surface area contributed by atoms with Crippen LogP contribution in [0.1, 0.15) is 28.4 Å². The van der Waals surface area contributed by atoms with Crippen molar-refractivity contribution in [3.05, 3.63) is 143 Å². The van der Waals surface area contributed by atoms with Crippen molar-refractivity contribution in [1.29, 1.82) is 0 Å². The second kappa shape index (κ2) is 12.7. The van der Waals surface area contributed by atoms with E-state index in [4.69, 9.17) is 18.9 Å². The number of thiophene rings is 1. The van der Waals surface area contributed by atoms with Crippen molar-refractivity contribution in [2.24, 2.45) is 0 Å². The van der Waals surface area contributed by atoms with Gasteiger partial charge in [-0.05, 0) is 33.5 Å². The summed E-state index contributed by atoms with van der Waals surface area (Å²) in [5.74, 6) is 0. The fraction of sp³-hybridized carbons (Fsp3) is 0.235. The minimum Gasteiger partial charge on any atom is -0.374 e. The second-order valence-corrected chi connectivity index (χ2v) is 10.7. The standard InChI is InChI=1S/C34H32O4S/c1-4-12-25(13-5-1)20-35-23-30-33(36-21-26-14-6-2-7-15-26)34(37-22-27-16-8-3-9-17-27)32(38-30)29-24-39-31-19-11-10-18-28(29)31/h1-19,24,30,32-34H,20-23H2/t30-,32+,33-,34+/m1/s1. The quantitative estimate of drug-likeness (QED) is 0.173. The Balaban J connectivity index is 1.28. The van der Waals surface area contributed by atoms with Crippen LogP contribution >= 0.6 is 11.3 Å². The van der Waals surface area contributed by atoms with Gasteiger partial charge in [-0.3, -0.25) is 0 Å². The number of rotatable bonds is 11. The average molecular weight is 537 g/mol. The molecule has 198 valence electrons. The van der Waals surface area contributed by atoms with Crippen LogP contribution in [-0.2, 0) is 38.8 Å². The smallest absolute Gasteiger partial charge is 0.117 e. The molecule has 0 radical (unpaired) electrons. The molecular formula is C34H32O4S. The maximum Gasteiger partial charge on any atom is 0.117 e. The zero-order valence-electron chi connectivity index (χ0n) is 21.7. The van der Waals surface area contributed by atoms with E-state index in [2.05, 4.69) is 66.0 Å². The van der Waals surface area contributed by atoms with E-state index in [1.54, 1.807) is 11.3 Å². The van der Waals surface area contributed by atoms with E-state index in [0.29, 0.717) is 26.4 Å². The van der Waals surface area contributed by atoms with Gasteiger partial charge in [0.2, 0.25) is 0 Å². The van der Waals surface area contributed by atoms with Crippen molar-refractivity contribution in [2.75, 3.05) is 6.61 Å². The van der Waals surface area contributed by atoms with Crippen molar-refractivity contribution in [3.63, 3.8) is 0 Å². The molecule has 4 nitrogen and oxygen atoms in total. The highest BCUT2D eigenvalue weighted by Gasteiger charge is 2.47. The molecule has 1 aliphatic heterocycles. The summed E-state index contributed by atoms with van der Waals surface area (Å²) in [6, 6.07) is 39.2. The summed E-state index contributed by atoms with van der Waals surface area (Å²) in [4.78, 5) is 0. The third kappa shape index (κ3) is 6.30. The van der Waals surface area contributed by atoms with E-state index in [1.807, 2.05) is 54.6 Å². The summed E-state index contributed by atoms with van der Waals surface area (Å²) in [5.41, 5.74) is 4.52. The van der Waals surface area contributed by atoms with Gasteiger partial charge in [0.1, 0.15) is 24.4 Å². The van der Waals surface area contributed by atoms with Crippen LogP contribution < -0.4 is 0 Å². The molecule has 39 heavy (non-hydrogen) atoms. The molecule has 5 heteroatoms. The highest BCUT2D eigenvalue weighted by atomic mass is 32.1. The first-order valence-corrected chi connectivity index (χ1v) is 14.3. The first-order chi connectivity index (χ1) is 19.3. The molecule has 0 saturated carbocycles. The predicted molar refractivity (Wildman–Crippen MR) is 156 cm³/mol. The van der Waals surface area contributed by atoms with Crippen LogP contribution in [0.5, 0.6) is 0 Å². The predicted octanol–water partition coefficient (Wildman–Crippen LogP) is 7.73. The number of hydrogen-bond acceptors (Lipinski definition) is 5. The van der Waals surface area contributed by atoms with Gasteiger partial charge in [-0.1, -0.05) is 109 Å². The largest absolute Gasteiger partial charge is 0.374 e. The minimum absolute atomic E-state index is 0.268. The molecular weight excluding hydrogens is 504 g/mol. The number of benzene rings is 4. The van der Waals surface area contributed by atoms with E-state index in [9.17, 15) is 0 Å². The van der Waals surface area contributed by atoms with Gasteiger partial charge in [-0.2, -0.15) is 0 Å². The molecule has 0 amide bonds. The Labute approximate surface area is 233 Å². The third-order valence-electron chi connectivity index (χ3n) is 7.09. The van der Waals surface area contributed by atoms with Gasteiger partial charge in [0.15, 0.2) is 0 Å². The lowest BCUT2D eigenvalue weighted by molar-refractivity contribution is -0.0898. The molecule has 0 N–H and O–H groups in total. The summed E-state index contributed by atoms with van der Waals surface area (Å²) in [5, 5.41) is 3.41. The molecule has 5 aromatic rings. The molecule has 1 aromatic heterocycles. The first-order valence-electron chi connectivity index (χ1n) is 13.4. The Morgan fingerprint density at radius 1 is 0.590 bits per heavy atom. The Hall–Kier alpha value is -3.32. The van der Waals surface area contributed by atoms with Crippen molar-refractivity contribution in [1.82, 2.24) is 0 Å². The summed E-state index contributed by atoms with van der Waals surface area (Å²) >= 11 is 1.74. The van der Waals surface area contributed by atoms with Gasteiger partial charge in [0.05, 0.1) is 26.4 Å². The van der Waals surface area contributed by atoms with Crippen molar-refractivity contribution >= 4 is 21.4 Å². The molecule has 4 aromatic carbocycles. The maximum absolute atomic E-state index is 6.79. The first kappa shape index (κ1) is 25.9. The summed E-state index contributed by atoms with van der Waals surface area (Å²) in [7, 11) is 0. The fourth-order valence-corrected chi connectivity index (χ4v) is 6.10. The molecule has 0 aliphatic carbocycles. The zero-order chi connectivity index (χ0) is 26.3. The van der Waals surface area contributed by atoms with E-state index >= 15 is 0 Å². The number of hydrogen-bond donors (Lipinski definition) is 0. The number of ether oxygens (including phenoxy) is 4. The van der Waals surface area contributed by atoms with E-state index < -0.39 is 0 Å². The SMILES string of the molecule is c1ccc(COC[C@H]2O[C@@H](c3csc4ccccc34)[C@H](OCc3ccccc3)[C@@H]2OCc2ccccc2)cc1. The van der Waals surface area contributed by atoms with E-state index in [-0.39, 0.29) is 24.4 Å². The average Bonchev–Trinajstić information content (AvgIpc) is 3.57.